The van der Waals surface area contributed by atoms with Crippen molar-refractivity contribution in [3.05, 3.63) is 0 Å². The van der Waals surface area contributed by atoms with Gasteiger partial charge in [-0.3, -0.25) is 4.79 Å². The van der Waals surface area contributed by atoms with Gasteiger partial charge in [0.2, 0.25) is 5.91 Å². The number of rotatable bonds is 7. The van der Waals surface area contributed by atoms with Crippen LogP contribution in [0.15, 0.2) is 0 Å². The number of alkyl halides is 3. The van der Waals surface area contributed by atoms with Crippen molar-refractivity contribution >= 4 is 5.91 Å². The minimum Gasteiger partial charge on any atom is -0.332 e. The van der Waals surface area contributed by atoms with Crippen LogP contribution in [0.25, 0.3) is 0 Å². The van der Waals surface area contributed by atoms with Gasteiger partial charge in [0.25, 0.3) is 0 Å². The summed E-state index contributed by atoms with van der Waals surface area (Å²) in [6.07, 6.45) is -2.06. The van der Waals surface area contributed by atoms with Crippen LogP contribution in [0.2, 0.25) is 0 Å². The minimum absolute atomic E-state index is 0.103. The summed E-state index contributed by atoms with van der Waals surface area (Å²) in [6.45, 7) is 4.09. The Labute approximate surface area is 107 Å². The summed E-state index contributed by atoms with van der Waals surface area (Å²) in [5.74, 6) is -0.616. The summed E-state index contributed by atoms with van der Waals surface area (Å²) in [5, 5.41) is 0. The van der Waals surface area contributed by atoms with Crippen LogP contribution in [0.4, 0.5) is 13.2 Å². The fourth-order valence-electron chi connectivity index (χ4n) is 1.81. The van der Waals surface area contributed by atoms with Gasteiger partial charge in [-0.05, 0) is 19.8 Å². The number of nitrogens with zero attached hydrogens (tertiary/aromatic N) is 1. The van der Waals surface area contributed by atoms with E-state index in [0.717, 1.165) is 11.3 Å². The number of carbonyl (C=O) groups excluding carboxylic acids is 1. The highest BCUT2D eigenvalue weighted by molar-refractivity contribution is 5.85. The molecular formula is C12H23F3N2O. The lowest BCUT2D eigenvalue weighted by molar-refractivity contribution is -0.164. The molecule has 6 heteroatoms. The average molecular weight is 268 g/mol. The molecule has 0 radical (unpaired) electrons. The molecule has 0 fully saturated rings. The van der Waals surface area contributed by atoms with E-state index in [1.807, 2.05) is 13.8 Å². The lowest BCUT2D eigenvalue weighted by Crippen LogP contribution is -2.55. The Kier molecular flexibility index (Phi) is 6.67. The van der Waals surface area contributed by atoms with E-state index in [4.69, 9.17) is 5.73 Å². The first-order valence-corrected chi connectivity index (χ1v) is 6.29. The van der Waals surface area contributed by atoms with Gasteiger partial charge in [-0.2, -0.15) is 13.2 Å². The lowest BCUT2D eigenvalue weighted by Gasteiger charge is -2.32. The fraction of sp³-hybridized carbons (Fsp3) is 0.917. The van der Waals surface area contributed by atoms with E-state index in [1.54, 1.807) is 0 Å². The molecule has 0 spiro atoms. The molecule has 18 heavy (non-hydrogen) atoms. The Bertz CT molecular complexity index is 265. The highest BCUT2D eigenvalue weighted by Crippen LogP contribution is 2.20. The molecule has 0 aliphatic carbocycles. The van der Waals surface area contributed by atoms with E-state index in [1.165, 1.54) is 6.92 Å². The number of nitrogens with two attached hydrogens (primary N) is 1. The maximum atomic E-state index is 12.4. The summed E-state index contributed by atoms with van der Waals surface area (Å²) in [5.41, 5.74) is 4.59. The van der Waals surface area contributed by atoms with Crippen molar-refractivity contribution < 1.29 is 18.0 Å². The minimum atomic E-state index is -4.38. The first-order valence-electron chi connectivity index (χ1n) is 6.29. The molecule has 0 bridgehead atoms. The van der Waals surface area contributed by atoms with E-state index in [9.17, 15) is 18.0 Å². The topological polar surface area (TPSA) is 46.3 Å². The highest BCUT2D eigenvalue weighted by Gasteiger charge is 2.38. The van der Waals surface area contributed by atoms with Gasteiger partial charge in [0, 0.05) is 6.54 Å². The summed E-state index contributed by atoms with van der Waals surface area (Å²) < 4.78 is 37.3. The smallest absolute Gasteiger partial charge is 0.332 e. The highest BCUT2D eigenvalue weighted by atomic mass is 19.4. The van der Waals surface area contributed by atoms with Gasteiger partial charge >= 0.3 is 6.18 Å². The summed E-state index contributed by atoms with van der Waals surface area (Å²) >= 11 is 0. The van der Waals surface area contributed by atoms with Crippen LogP contribution >= 0.6 is 0 Å². The van der Waals surface area contributed by atoms with Crippen LogP contribution in [0.5, 0.6) is 0 Å². The standard InChI is InChI=1S/C12H23F3N2O/c1-4-6-8-17(9-12(13,14)15)10(18)11(3,16)7-5-2/h4-9,16H2,1-3H3. The predicted octanol–water partition coefficient (Wildman–Crippen LogP) is 2.69. The average Bonchev–Trinajstić information content (AvgIpc) is 2.21. The van der Waals surface area contributed by atoms with Crippen LogP contribution in [-0.2, 0) is 4.79 Å². The summed E-state index contributed by atoms with van der Waals surface area (Å²) in [6, 6.07) is 0. The number of amides is 1. The van der Waals surface area contributed by atoms with Gasteiger partial charge in [0.15, 0.2) is 0 Å². The molecule has 0 rings (SSSR count). The number of unbranched alkanes of at least 4 members (excludes halogenated alkanes) is 1. The number of hydrogen-bond acceptors (Lipinski definition) is 2. The molecule has 1 amide bonds. The predicted molar refractivity (Wildman–Crippen MR) is 65.0 cm³/mol. The third-order valence-corrected chi connectivity index (χ3v) is 2.70. The third-order valence-electron chi connectivity index (χ3n) is 2.70. The largest absolute Gasteiger partial charge is 0.406 e. The van der Waals surface area contributed by atoms with Gasteiger partial charge in [0.05, 0.1) is 5.54 Å². The summed E-state index contributed by atoms with van der Waals surface area (Å²) in [7, 11) is 0. The van der Waals surface area contributed by atoms with Crippen LogP contribution in [-0.4, -0.2) is 35.6 Å². The second-order valence-electron chi connectivity index (χ2n) is 4.86. The van der Waals surface area contributed by atoms with E-state index in [0.29, 0.717) is 19.3 Å². The van der Waals surface area contributed by atoms with Gasteiger partial charge in [-0.25, -0.2) is 0 Å². The zero-order chi connectivity index (χ0) is 14.4. The molecular weight excluding hydrogens is 245 g/mol. The Hall–Kier alpha value is -0.780. The molecule has 2 N–H and O–H groups in total. The number of hydrogen-bond donors (Lipinski definition) is 1. The molecule has 0 heterocycles. The molecule has 0 aliphatic heterocycles. The van der Waals surface area contributed by atoms with Gasteiger partial charge in [-0.1, -0.05) is 26.7 Å². The van der Waals surface area contributed by atoms with Gasteiger partial charge in [0.1, 0.15) is 6.54 Å². The Morgan fingerprint density at radius 1 is 1.22 bits per heavy atom. The summed E-state index contributed by atoms with van der Waals surface area (Å²) in [4.78, 5) is 12.9. The Morgan fingerprint density at radius 2 is 1.78 bits per heavy atom. The maximum Gasteiger partial charge on any atom is 0.406 e. The molecule has 0 aromatic rings. The van der Waals surface area contributed by atoms with Crippen molar-refractivity contribution in [1.29, 1.82) is 0 Å². The van der Waals surface area contributed by atoms with Crippen LogP contribution in [0.3, 0.4) is 0 Å². The van der Waals surface area contributed by atoms with Crippen molar-refractivity contribution in [2.45, 2.75) is 58.2 Å². The van der Waals surface area contributed by atoms with E-state index < -0.39 is 24.2 Å². The van der Waals surface area contributed by atoms with Crippen molar-refractivity contribution in [2.75, 3.05) is 13.1 Å². The van der Waals surface area contributed by atoms with Gasteiger partial charge in [-0.15, -0.1) is 0 Å². The zero-order valence-corrected chi connectivity index (χ0v) is 11.3. The van der Waals surface area contributed by atoms with Crippen LogP contribution in [0, 0.1) is 0 Å². The molecule has 0 aromatic carbocycles. The first-order chi connectivity index (χ1) is 8.14. The molecule has 3 nitrogen and oxygen atoms in total. The monoisotopic (exact) mass is 268 g/mol. The lowest BCUT2D eigenvalue weighted by atomic mass is 9.95. The van der Waals surface area contributed by atoms with E-state index >= 15 is 0 Å². The Balaban J connectivity index is 4.78. The second kappa shape index (κ2) is 6.97. The molecule has 0 aromatic heterocycles. The Morgan fingerprint density at radius 3 is 2.17 bits per heavy atom. The number of halogens is 3. The van der Waals surface area contributed by atoms with E-state index in [-0.39, 0.29) is 6.54 Å². The van der Waals surface area contributed by atoms with Crippen LogP contribution < -0.4 is 5.73 Å². The maximum absolute atomic E-state index is 12.4. The molecule has 0 saturated heterocycles. The zero-order valence-electron chi connectivity index (χ0n) is 11.3. The molecule has 1 atom stereocenters. The normalized spacial score (nSPS) is 15.3. The third kappa shape index (κ3) is 6.23. The van der Waals surface area contributed by atoms with Crippen molar-refractivity contribution in [2.24, 2.45) is 5.73 Å². The SMILES string of the molecule is CCCCN(CC(F)(F)F)C(=O)C(C)(N)CCC. The number of carbonyl (C=O) groups is 1. The van der Waals surface area contributed by atoms with Crippen LogP contribution in [0.1, 0.15) is 46.5 Å². The molecule has 108 valence electrons. The molecule has 0 saturated carbocycles. The quantitative estimate of drug-likeness (QED) is 0.771. The van der Waals surface area contributed by atoms with Gasteiger partial charge < -0.3 is 10.6 Å². The molecule has 1 unspecified atom stereocenters. The van der Waals surface area contributed by atoms with E-state index in [2.05, 4.69) is 0 Å². The molecule has 0 aliphatic rings. The fourth-order valence-corrected chi connectivity index (χ4v) is 1.81. The second-order valence-corrected chi connectivity index (χ2v) is 4.86. The van der Waals surface area contributed by atoms with Crippen molar-refractivity contribution in [1.82, 2.24) is 4.90 Å². The first kappa shape index (κ1) is 17.2. The van der Waals surface area contributed by atoms with Crippen molar-refractivity contribution in [3.63, 3.8) is 0 Å². The van der Waals surface area contributed by atoms with Crippen molar-refractivity contribution in [3.8, 4) is 0 Å².